The van der Waals surface area contributed by atoms with Crippen LogP contribution in [-0.2, 0) is 11.3 Å². The van der Waals surface area contributed by atoms with E-state index in [1.807, 2.05) is 54.3 Å². The third kappa shape index (κ3) is 4.46. The molecule has 0 unspecified atom stereocenters. The lowest BCUT2D eigenvalue weighted by molar-refractivity contribution is -0.129. The normalized spacial score (nSPS) is 13.7. The van der Waals surface area contributed by atoms with Gasteiger partial charge in [-0.2, -0.15) is 5.10 Å². The summed E-state index contributed by atoms with van der Waals surface area (Å²) in [6, 6.07) is 14.2. The number of hydrogen-bond donors (Lipinski definition) is 1. The molecule has 1 aliphatic rings. The van der Waals surface area contributed by atoms with Crippen LogP contribution in [0.3, 0.4) is 0 Å². The zero-order valence-electron chi connectivity index (χ0n) is 15.5. The Kier molecular flexibility index (Phi) is 5.36. The molecule has 0 atom stereocenters. The molecule has 1 fully saturated rings. The molecule has 0 radical (unpaired) electrons. The Labute approximate surface area is 163 Å². The summed E-state index contributed by atoms with van der Waals surface area (Å²) in [5.41, 5.74) is 3.01. The standard InChI is InChI=1S/C21H24N4OS/c1-24(20(26)13-22-12-16-9-10-16)14-17-15-25(18-6-3-2-4-7-18)23-21(17)19-8-5-11-27-19/h2-8,11,15-16,22H,9-10,12-14H2,1H3. The van der Waals surface area contributed by atoms with Gasteiger partial charge in [-0.1, -0.05) is 24.3 Å². The molecule has 0 bridgehead atoms. The third-order valence-electron chi connectivity index (χ3n) is 4.80. The number of carbonyl (C=O) groups excluding carboxylic acids is 1. The summed E-state index contributed by atoms with van der Waals surface area (Å²) in [7, 11) is 1.86. The van der Waals surface area contributed by atoms with Gasteiger partial charge < -0.3 is 10.2 Å². The van der Waals surface area contributed by atoms with Crippen LogP contribution in [0.15, 0.2) is 54.0 Å². The Morgan fingerprint density at radius 2 is 2.07 bits per heavy atom. The van der Waals surface area contributed by atoms with E-state index in [0.717, 1.165) is 34.3 Å². The van der Waals surface area contributed by atoms with Crippen LogP contribution in [0.5, 0.6) is 0 Å². The average molecular weight is 381 g/mol. The zero-order valence-corrected chi connectivity index (χ0v) is 16.3. The molecule has 2 heterocycles. The van der Waals surface area contributed by atoms with Crippen LogP contribution >= 0.6 is 11.3 Å². The van der Waals surface area contributed by atoms with E-state index in [4.69, 9.17) is 5.10 Å². The van der Waals surface area contributed by atoms with Gasteiger partial charge in [-0.25, -0.2) is 4.68 Å². The van der Waals surface area contributed by atoms with Gasteiger partial charge in [0.15, 0.2) is 0 Å². The van der Waals surface area contributed by atoms with E-state index in [1.165, 1.54) is 12.8 Å². The summed E-state index contributed by atoms with van der Waals surface area (Å²) in [5.74, 6) is 0.887. The second-order valence-corrected chi connectivity index (χ2v) is 8.03. The molecule has 1 amide bonds. The molecule has 3 aromatic rings. The maximum absolute atomic E-state index is 12.5. The molecule has 5 nitrogen and oxygen atoms in total. The molecular weight excluding hydrogens is 356 g/mol. The van der Waals surface area contributed by atoms with Gasteiger partial charge in [-0.05, 0) is 48.9 Å². The van der Waals surface area contributed by atoms with Crippen LogP contribution in [-0.4, -0.2) is 40.7 Å². The van der Waals surface area contributed by atoms with Gasteiger partial charge in [0.2, 0.25) is 5.91 Å². The van der Waals surface area contributed by atoms with Gasteiger partial charge in [0.25, 0.3) is 0 Å². The van der Waals surface area contributed by atoms with E-state index in [-0.39, 0.29) is 5.91 Å². The number of likely N-dealkylation sites (N-methyl/N-ethyl adjacent to an activating group) is 1. The van der Waals surface area contributed by atoms with Crippen LogP contribution in [0.4, 0.5) is 0 Å². The monoisotopic (exact) mass is 380 g/mol. The van der Waals surface area contributed by atoms with Crippen LogP contribution in [0, 0.1) is 5.92 Å². The first-order valence-corrected chi connectivity index (χ1v) is 10.2. The SMILES string of the molecule is CN(Cc1cn(-c2ccccc2)nc1-c1cccs1)C(=O)CNCC1CC1. The van der Waals surface area contributed by atoms with Crippen molar-refractivity contribution < 1.29 is 4.79 Å². The fourth-order valence-corrected chi connectivity index (χ4v) is 3.79. The lowest BCUT2D eigenvalue weighted by Crippen LogP contribution is -2.35. The van der Waals surface area contributed by atoms with Crippen LogP contribution in [0.1, 0.15) is 18.4 Å². The first-order valence-electron chi connectivity index (χ1n) is 9.33. The van der Waals surface area contributed by atoms with Crippen molar-refractivity contribution in [3.05, 3.63) is 59.6 Å². The minimum absolute atomic E-state index is 0.111. The van der Waals surface area contributed by atoms with Crippen LogP contribution < -0.4 is 5.32 Å². The number of para-hydroxylation sites is 1. The molecule has 2 aromatic heterocycles. The van der Waals surface area contributed by atoms with Crippen molar-refractivity contribution in [1.29, 1.82) is 0 Å². The number of amides is 1. The summed E-state index contributed by atoms with van der Waals surface area (Å²) >= 11 is 1.67. The number of benzene rings is 1. The maximum Gasteiger partial charge on any atom is 0.236 e. The van der Waals surface area contributed by atoms with Gasteiger partial charge in [0, 0.05) is 25.4 Å². The molecule has 6 heteroatoms. The van der Waals surface area contributed by atoms with E-state index >= 15 is 0 Å². The molecule has 0 saturated heterocycles. The predicted octanol–water partition coefficient (Wildman–Crippen LogP) is 3.56. The molecule has 1 N–H and O–H groups in total. The Morgan fingerprint density at radius 1 is 1.26 bits per heavy atom. The highest BCUT2D eigenvalue weighted by Crippen LogP contribution is 2.29. The second-order valence-electron chi connectivity index (χ2n) is 7.08. The van der Waals surface area contributed by atoms with Crippen molar-refractivity contribution in [1.82, 2.24) is 20.0 Å². The highest BCUT2D eigenvalue weighted by atomic mass is 32.1. The number of rotatable bonds is 8. The Bertz CT molecular complexity index is 884. The van der Waals surface area contributed by atoms with Crippen molar-refractivity contribution >= 4 is 17.2 Å². The van der Waals surface area contributed by atoms with E-state index in [2.05, 4.69) is 16.8 Å². The van der Waals surface area contributed by atoms with Crippen molar-refractivity contribution in [3.63, 3.8) is 0 Å². The van der Waals surface area contributed by atoms with Gasteiger partial charge >= 0.3 is 0 Å². The van der Waals surface area contributed by atoms with Crippen LogP contribution in [0.25, 0.3) is 16.3 Å². The molecule has 1 saturated carbocycles. The number of nitrogens with one attached hydrogen (secondary N) is 1. The van der Waals surface area contributed by atoms with E-state index in [9.17, 15) is 4.79 Å². The van der Waals surface area contributed by atoms with Crippen molar-refractivity contribution in [2.45, 2.75) is 19.4 Å². The molecule has 0 spiro atoms. The first-order chi connectivity index (χ1) is 13.2. The summed E-state index contributed by atoms with van der Waals surface area (Å²) in [6.07, 6.45) is 4.62. The summed E-state index contributed by atoms with van der Waals surface area (Å²) < 4.78 is 1.90. The Hall–Kier alpha value is -2.44. The largest absolute Gasteiger partial charge is 0.340 e. The topological polar surface area (TPSA) is 50.2 Å². The van der Waals surface area contributed by atoms with E-state index in [0.29, 0.717) is 13.1 Å². The average Bonchev–Trinajstić information content (AvgIpc) is 3.18. The third-order valence-corrected chi connectivity index (χ3v) is 5.68. The van der Waals surface area contributed by atoms with Gasteiger partial charge in [-0.3, -0.25) is 4.79 Å². The first kappa shape index (κ1) is 17.9. The lowest BCUT2D eigenvalue weighted by atomic mass is 10.2. The molecule has 0 aliphatic heterocycles. The second kappa shape index (κ2) is 8.06. The quantitative estimate of drug-likeness (QED) is 0.650. The maximum atomic E-state index is 12.5. The smallest absolute Gasteiger partial charge is 0.236 e. The number of carbonyl (C=O) groups is 1. The van der Waals surface area contributed by atoms with E-state index in [1.54, 1.807) is 16.2 Å². The molecule has 1 aliphatic carbocycles. The minimum Gasteiger partial charge on any atom is -0.340 e. The minimum atomic E-state index is 0.111. The van der Waals surface area contributed by atoms with Gasteiger partial charge in [0.1, 0.15) is 5.69 Å². The fraction of sp³-hybridized carbons (Fsp3) is 0.333. The molecule has 140 valence electrons. The highest BCUT2D eigenvalue weighted by Gasteiger charge is 2.21. The number of thiophene rings is 1. The fourth-order valence-electron chi connectivity index (χ4n) is 3.04. The highest BCUT2D eigenvalue weighted by molar-refractivity contribution is 7.13. The van der Waals surface area contributed by atoms with Crippen LogP contribution in [0.2, 0.25) is 0 Å². The molecule has 4 rings (SSSR count). The Morgan fingerprint density at radius 3 is 2.78 bits per heavy atom. The molecule has 1 aromatic carbocycles. The summed E-state index contributed by atoms with van der Waals surface area (Å²) in [5, 5.41) is 10.1. The van der Waals surface area contributed by atoms with Crippen molar-refractivity contribution in [2.75, 3.05) is 20.1 Å². The summed E-state index contributed by atoms with van der Waals surface area (Å²) in [6.45, 7) is 1.89. The van der Waals surface area contributed by atoms with Gasteiger partial charge in [-0.15, -0.1) is 11.3 Å². The number of hydrogen-bond acceptors (Lipinski definition) is 4. The summed E-state index contributed by atoms with van der Waals surface area (Å²) in [4.78, 5) is 15.4. The van der Waals surface area contributed by atoms with E-state index < -0.39 is 0 Å². The van der Waals surface area contributed by atoms with Crippen molar-refractivity contribution in [2.24, 2.45) is 5.92 Å². The Balaban J connectivity index is 1.51. The predicted molar refractivity (Wildman–Crippen MR) is 109 cm³/mol. The molecular formula is C21H24N4OS. The molecule has 27 heavy (non-hydrogen) atoms. The lowest BCUT2D eigenvalue weighted by Gasteiger charge is -2.17. The number of aromatic nitrogens is 2. The van der Waals surface area contributed by atoms with Gasteiger partial charge in [0.05, 0.1) is 17.1 Å². The van der Waals surface area contributed by atoms with Crippen molar-refractivity contribution in [3.8, 4) is 16.3 Å². The number of nitrogens with zero attached hydrogens (tertiary/aromatic N) is 3. The zero-order chi connectivity index (χ0) is 18.6.